The Bertz CT molecular complexity index is 506. The molecule has 1 aromatic rings. The summed E-state index contributed by atoms with van der Waals surface area (Å²) < 4.78 is 0. The normalized spacial score (nSPS) is 13.7. The fourth-order valence-electron chi connectivity index (χ4n) is 2.58. The van der Waals surface area contributed by atoms with Crippen molar-refractivity contribution in [2.24, 2.45) is 5.92 Å². The Morgan fingerprint density at radius 1 is 1.21 bits per heavy atom. The molecule has 0 aromatic heterocycles. The summed E-state index contributed by atoms with van der Waals surface area (Å²) in [7, 11) is 0. The lowest BCUT2D eigenvalue weighted by Crippen LogP contribution is -2.31. The van der Waals surface area contributed by atoms with Gasteiger partial charge in [0.1, 0.15) is 0 Å². The monoisotopic (exact) mass is 261 g/mol. The molecule has 0 fully saturated rings. The molecular weight excluding hydrogens is 242 g/mol. The van der Waals surface area contributed by atoms with Crippen LogP contribution in [0.1, 0.15) is 48.2 Å². The number of carboxylic acid groups (broad SMARTS) is 1. The minimum absolute atomic E-state index is 0.0771. The average molecular weight is 261 g/mol. The van der Waals surface area contributed by atoms with Gasteiger partial charge in [0.15, 0.2) is 0 Å². The van der Waals surface area contributed by atoms with Gasteiger partial charge in [-0.05, 0) is 36.1 Å². The minimum Gasteiger partial charge on any atom is -0.478 e. The standard InChI is InChI=1S/C15H19NO3/c1-3-10(4-2)14(17)16-8-12-6-5-11(15(18)19)7-13(12)9-16/h5-7,10H,3-4,8-9H2,1-2H3,(H,18,19). The largest absolute Gasteiger partial charge is 0.478 e. The number of hydrogen-bond acceptors (Lipinski definition) is 2. The summed E-state index contributed by atoms with van der Waals surface area (Å²) in [5.41, 5.74) is 2.30. The van der Waals surface area contributed by atoms with Crippen molar-refractivity contribution >= 4 is 11.9 Å². The van der Waals surface area contributed by atoms with Crippen LogP contribution in [0, 0.1) is 5.92 Å². The SMILES string of the molecule is CCC(CC)C(=O)N1Cc2ccc(C(=O)O)cc2C1. The second-order valence-corrected chi connectivity index (χ2v) is 5.00. The van der Waals surface area contributed by atoms with E-state index in [4.69, 9.17) is 5.11 Å². The van der Waals surface area contributed by atoms with E-state index in [-0.39, 0.29) is 17.4 Å². The number of rotatable bonds is 4. The second kappa shape index (κ2) is 5.43. The molecule has 0 atom stereocenters. The van der Waals surface area contributed by atoms with Crippen LogP contribution in [0.5, 0.6) is 0 Å². The van der Waals surface area contributed by atoms with E-state index >= 15 is 0 Å². The lowest BCUT2D eigenvalue weighted by molar-refractivity contribution is -0.136. The zero-order valence-corrected chi connectivity index (χ0v) is 11.3. The topological polar surface area (TPSA) is 57.6 Å². The fraction of sp³-hybridized carbons (Fsp3) is 0.467. The molecule has 102 valence electrons. The van der Waals surface area contributed by atoms with Crippen LogP contribution in [0.15, 0.2) is 18.2 Å². The first-order chi connectivity index (χ1) is 9.06. The highest BCUT2D eigenvalue weighted by Gasteiger charge is 2.27. The maximum atomic E-state index is 12.3. The molecule has 1 N–H and O–H groups in total. The molecule has 4 nitrogen and oxygen atoms in total. The van der Waals surface area contributed by atoms with Crippen molar-refractivity contribution in [1.82, 2.24) is 4.90 Å². The molecule has 0 bridgehead atoms. The van der Waals surface area contributed by atoms with Crippen molar-refractivity contribution < 1.29 is 14.7 Å². The quantitative estimate of drug-likeness (QED) is 0.906. The third kappa shape index (κ3) is 2.62. The Morgan fingerprint density at radius 3 is 2.42 bits per heavy atom. The van der Waals surface area contributed by atoms with Gasteiger partial charge in [-0.15, -0.1) is 0 Å². The Morgan fingerprint density at radius 2 is 1.84 bits per heavy atom. The molecule has 0 spiro atoms. The molecule has 1 aromatic carbocycles. The van der Waals surface area contributed by atoms with Crippen molar-refractivity contribution in [2.45, 2.75) is 39.8 Å². The first kappa shape index (κ1) is 13.6. The van der Waals surface area contributed by atoms with Crippen molar-refractivity contribution in [1.29, 1.82) is 0 Å². The third-order valence-corrected chi connectivity index (χ3v) is 3.82. The molecule has 0 saturated heterocycles. The summed E-state index contributed by atoms with van der Waals surface area (Å²) in [5, 5.41) is 8.97. The fourth-order valence-corrected chi connectivity index (χ4v) is 2.58. The number of benzene rings is 1. The van der Waals surface area contributed by atoms with E-state index in [0.717, 1.165) is 24.0 Å². The smallest absolute Gasteiger partial charge is 0.335 e. The number of amides is 1. The molecule has 0 saturated carbocycles. The molecule has 1 amide bonds. The van der Waals surface area contributed by atoms with Crippen LogP contribution < -0.4 is 0 Å². The van der Waals surface area contributed by atoms with Crippen LogP contribution in [0.25, 0.3) is 0 Å². The molecule has 19 heavy (non-hydrogen) atoms. The summed E-state index contributed by atoms with van der Waals surface area (Å²) >= 11 is 0. The minimum atomic E-state index is -0.924. The van der Waals surface area contributed by atoms with Gasteiger partial charge in [-0.3, -0.25) is 4.79 Å². The van der Waals surface area contributed by atoms with Crippen molar-refractivity contribution in [3.8, 4) is 0 Å². The summed E-state index contributed by atoms with van der Waals surface area (Å²) in [6.45, 7) is 5.19. The molecular formula is C15H19NO3. The second-order valence-electron chi connectivity index (χ2n) is 5.00. The lowest BCUT2D eigenvalue weighted by Gasteiger charge is -2.21. The Hall–Kier alpha value is -1.84. The van der Waals surface area contributed by atoms with Crippen molar-refractivity contribution in [3.63, 3.8) is 0 Å². The predicted molar refractivity (Wildman–Crippen MR) is 71.7 cm³/mol. The molecule has 1 aliphatic rings. The van der Waals surface area contributed by atoms with Gasteiger partial charge in [0.25, 0.3) is 0 Å². The number of fused-ring (bicyclic) bond motifs is 1. The zero-order chi connectivity index (χ0) is 14.0. The molecule has 2 rings (SSSR count). The Kier molecular flexibility index (Phi) is 3.88. The number of carbonyl (C=O) groups excluding carboxylic acids is 1. The van der Waals surface area contributed by atoms with E-state index in [2.05, 4.69) is 0 Å². The Labute approximate surface area is 113 Å². The molecule has 4 heteroatoms. The molecule has 0 aliphatic carbocycles. The Balaban J connectivity index is 2.16. The van der Waals surface area contributed by atoms with Gasteiger partial charge in [0, 0.05) is 19.0 Å². The van der Waals surface area contributed by atoms with Crippen LogP contribution in [0.4, 0.5) is 0 Å². The van der Waals surface area contributed by atoms with Gasteiger partial charge < -0.3 is 10.0 Å². The number of nitrogens with zero attached hydrogens (tertiary/aromatic N) is 1. The van der Waals surface area contributed by atoms with Crippen LogP contribution in [-0.4, -0.2) is 21.9 Å². The first-order valence-corrected chi connectivity index (χ1v) is 6.70. The van der Waals surface area contributed by atoms with E-state index in [1.165, 1.54) is 0 Å². The van der Waals surface area contributed by atoms with E-state index in [0.29, 0.717) is 13.1 Å². The first-order valence-electron chi connectivity index (χ1n) is 6.70. The lowest BCUT2D eigenvalue weighted by atomic mass is 10.0. The summed E-state index contributed by atoms with van der Waals surface area (Å²) in [6, 6.07) is 5.10. The van der Waals surface area contributed by atoms with E-state index in [9.17, 15) is 9.59 Å². The van der Waals surface area contributed by atoms with E-state index < -0.39 is 5.97 Å². The maximum absolute atomic E-state index is 12.3. The van der Waals surface area contributed by atoms with Crippen molar-refractivity contribution in [2.75, 3.05) is 0 Å². The van der Waals surface area contributed by atoms with Crippen LogP contribution in [0.3, 0.4) is 0 Å². The number of aromatic carboxylic acids is 1. The maximum Gasteiger partial charge on any atom is 0.335 e. The van der Waals surface area contributed by atoms with Gasteiger partial charge in [0.2, 0.25) is 5.91 Å². The zero-order valence-electron chi connectivity index (χ0n) is 11.3. The highest BCUT2D eigenvalue weighted by atomic mass is 16.4. The highest BCUT2D eigenvalue weighted by Crippen LogP contribution is 2.26. The van der Waals surface area contributed by atoms with Crippen molar-refractivity contribution in [3.05, 3.63) is 34.9 Å². The van der Waals surface area contributed by atoms with Gasteiger partial charge in [-0.25, -0.2) is 4.79 Å². The number of carboxylic acids is 1. The van der Waals surface area contributed by atoms with E-state index in [1.54, 1.807) is 12.1 Å². The van der Waals surface area contributed by atoms with Crippen LogP contribution >= 0.6 is 0 Å². The average Bonchev–Trinajstić information content (AvgIpc) is 2.82. The van der Waals surface area contributed by atoms with Gasteiger partial charge in [-0.1, -0.05) is 19.9 Å². The molecule has 0 radical (unpaired) electrons. The summed E-state index contributed by atoms with van der Waals surface area (Å²) in [4.78, 5) is 25.1. The molecule has 1 aliphatic heterocycles. The molecule has 1 heterocycles. The van der Waals surface area contributed by atoms with E-state index in [1.807, 2.05) is 24.8 Å². The number of carbonyl (C=O) groups is 2. The molecule has 0 unspecified atom stereocenters. The van der Waals surface area contributed by atoms with Gasteiger partial charge in [0.05, 0.1) is 5.56 Å². The van der Waals surface area contributed by atoms with Crippen LogP contribution in [-0.2, 0) is 17.9 Å². The summed E-state index contributed by atoms with van der Waals surface area (Å²) in [5.74, 6) is -0.668. The van der Waals surface area contributed by atoms with Gasteiger partial charge in [-0.2, -0.15) is 0 Å². The van der Waals surface area contributed by atoms with Crippen LogP contribution in [0.2, 0.25) is 0 Å². The third-order valence-electron chi connectivity index (χ3n) is 3.82. The number of hydrogen-bond donors (Lipinski definition) is 1. The van der Waals surface area contributed by atoms with Gasteiger partial charge >= 0.3 is 5.97 Å². The predicted octanol–water partition coefficient (Wildman–Crippen LogP) is 2.66. The summed E-state index contributed by atoms with van der Waals surface area (Å²) in [6.07, 6.45) is 1.70. The highest BCUT2D eigenvalue weighted by molar-refractivity contribution is 5.88.